The number of rotatable bonds is 15. The number of morpholine rings is 1. The van der Waals surface area contributed by atoms with Gasteiger partial charge >= 0.3 is 0 Å². The molecule has 3 aromatic carbocycles. The number of amides is 2. The Labute approximate surface area is 255 Å². The van der Waals surface area contributed by atoms with Crippen LogP contribution in [0.2, 0.25) is 0 Å². The van der Waals surface area contributed by atoms with E-state index in [1.807, 2.05) is 60.7 Å². The van der Waals surface area contributed by atoms with Crippen molar-refractivity contribution in [3.05, 3.63) is 102 Å². The molecule has 0 saturated carbocycles. The van der Waals surface area contributed by atoms with E-state index in [2.05, 4.69) is 14.9 Å². The molecule has 10 heteroatoms. The summed E-state index contributed by atoms with van der Waals surface area (Å²) >= 11 is 0. The average molecular weight is 607 g/mol. The van der Waals surface area contributed by atoms with Crippen molar-refractivity contribution in [1.82, 2.24) is 19.8 Å². The molecule has 1 saturated heterocycles. The molecule has 2 N–H and O–H groups in total. The highest BCUT2D eigenvalue weighted by molar-refractivity contribution is 7.89. The predicted molar refractivity (Wildman–Crippen MR) is 167 cm³/mol. The minimum atomic E-state index is -3.55. The minimum absolute atomic E-state index is 0.141. The van der Waals surface area contributed by atoms with Crippen LogP contribution >= 0.6 is 0 Å². The SMILES string of the molecule is CCNS(=O)(=O)c1ccc(CCC(=O)N(Cc2ccccc2)[C@@H](Cc2ccccc2)C(=O)NCCN2CCOCC2)cc1. The summed E-state index contributed by atoms with van der Waals surface area (Å²) in [4.78, 5) is 31.8. The Kier molecular flexibility index (Phi) is 12.3. The summed E-state index contributed by atoms with van der Waals surface area (Å²) in [5, 5.41) is 3.10. The Balaban J connectivity index is 1.51. The van der Waals surface area contributed by atoms with Crippen LogP contribution in [0.5, 0.6) is 0 Å². The van der Waals surface area contributed by atoms with Gasteiger partial charge in [-0.2, -0.15) is 0 Å². The van der Waals surface area contributed by atoms with Crippen molar-refractivity contribution in [1.29, 1.82) is 0 Å². The molecular formula is C33H42N4O5S. The molecule has 9 nitrogen and oxygen atoms in total. The molecule has 0 unspecified atom stereocenters. The molecule has 1 aliphatic heterocycles. The fourth-order valence-electron chi connectivity index (χ4n) is 5.12. The number of hydrogen-bond donors (Lipinski definition) is 2. The van der Waals surface area contributed by atoms with Crippen molar-refractivity contribution in [3.8, 4) is 0 Å². The molecule has 1 aliphatic rings. The van der Waals surface area contributed by atoms with Gasteiger partial charge in [-0.3, -0.25) is 14.5 Å². The highest BCUT2D eigenvalue weighted by atomic mass is 32.2. The molecule has 0 aromatic heterocycles. The van der Waals surface area contributed by atoms with E-state index in [1.165, 1.54) is 0 Å². The molecule has 0 radical (unpaired) electrons. The first-order valence-electron chi connectivity index (χ1n) is 14.9. The van der Waals surface area contributed by atoms with Gasteiger partial charge in [0.25, 0.3) is 0 Å². The number of carbonyl (C=O) groups is 2. The summed E-state index contributed by atoms with van der Waals surface area (Å²) in [6.45, 7) is 6.60. The number of nitrogens with one attached hydrogen (secondary N) is 2. The molecule has 1 fully saturated rings. The van der Waals surface area contributed by atoms with Gasteiger partial charge in [-0.1, -0.05) is 79.7 Å². The van der Waals surface area contributed by atoms with Gasteiger partial charge in [-0.15, -0.1) is 0 Å². The first-order chi connectivity index (χ1) is 20.9. The number of aryl methyl sites for hydroxylation is 1. The molecule has 4 rings (SSSR count). The van der Waals surface area contributed by atoms with Crippen LogP contribution in [0, 0.1) is 0 Å². The number of carbonyl (C=O) groups excluding carboxylic acids is 2. The maximum absolute atomic E-state index is 13.9. The zero-order valence-corrected chi connectivity index (χ0v) is 25.6. The molecule has 0 bridgehead atoms. The maximum atomic E-state index is 13.9. The molecule has 2 amide bonds. The highest BCUT2D eigenvalue weighted by Gasteiger charge is 2.30. The van der Waals surface area contributed by atoms with Gasteiger partial charge in [0, 0.05) is 52.1 Å². The quantitative estimate of drug-likeness (QED) is 0.276. The van der Waals surface area contributed by atoms with Crippen LogP contribution in [0.15, 0.2) is 89.8 Å². The Morgan fingerprint density at radius 3 is 2.14 bits per heavy atom. The smallest absolute Gasteiger partial charge is 0.243 e. The van der Waals surface area contributed by atoms with E-state index in [4.69, 9.17) is 4.74 Å². The molecule has 1 heterocycles. The van der Waals surface area contributed by atoms with Crippen molar-refractivity contribution in [2.45, 2.75) is 43.7 Å². The van der Waals surface area contributed by atoms with E-state index in [0.717, 1.165) is 36.3 Å². The number of ether oxygens (including phenoxy) is 1. The number of nitrogens with zero attached hydrogens (tertiary/aromatic N) is 2. The third-order valence-electron chi connectivity index (χ3n) is 7.49. The lowest BCUT2D eigenvalue weighted by Crippen LogP contribution is -2.52. The van der Waals surface area contributed by atoms with Gasteiger partial charge < -0.3 is 15.0 Å². The van der Waals surface area contributed by atoms with Gasteiger partial charge in [-0.25, -0.2) is 13.1 Å². The molecular weight excluding hydrogens is 564 g/mol. The maximum Gasteiger partial charge on any atom is 0.243 e. The largest absolute Gasteiger partial charge is 0.379 e. The first-order valence-corrected chi connectivity index (χ1v) is 16.4. The predicted octanol–water partition coefficient (Wildman–Crippen LogP) is 3.01. The van der Waals surface area contributed by atoms with Gasteiger partial charge in [-0.05, 0) is 35.2 Å². The van der Waals surface area contributed by atoms with Crippen molar-refractivity contribution >= 4 is 21.8 Å². The summed E-state index contributed by atoms with van der Waals surface area (Å²) in [7, 11) is -3.55. The summed E-state index contributed by atoms with van der Waals surface area (Å²) < 4.78 is 32.5. The molecule has 0 spiro atoms. The summed E-state index contributed by atoms with van der Waals surface area (Å²) in [6, 6.07) is 25.3. The van der Waals surface area contributed by atoms with Gasteiger partial charge in [0.15, 0.2) is 0 Å². The number of sulfonamides is 1. The zero-order chi connectivity index (χ0) is 30.5. The van der Waals surface area contributed by atoms with Crippen molar-refractivity contribution in [2.24, 2.45) is 0 Å². The second-order valence-corrected chi connectivity index (χ2v) is 12.4. The fraction of sp³-hybridized carbons (Fsp3) is 0.394. The second kappa shape index (κ2) is 16.3. The van der Waals surface area contributed by atoms with E-state index in [0.29, 0.717) is 45.7 Å². The third kappa shape index (κ3) is 10.00. The summed E-state index contributed by atoms with van der Waals surface area (Å²) in [6.07, 6.45) is 0.987. The topological polar surface area (TPSA) is 108 Å². The van der Waals surface area contributed by atoms with Crippen molar-refractivity contribution < 1.29 is 22.7 Å². The Bertz CT molecular complexity index is 1400. The van der Waals surface area contributed by atoms with E-state index < -0.39 is 16.1 Å². The molecule has 230 valence electrons. The van der Waals surface area contributed by atoms with E-state index in [-0.39, 0.29) is 23.1 Å². The van der Waals surface area contributed by atoms with Crippen molar-refractivity contribution in [2.75, 3.05) is 45.9 Å². The van der Waals surface area contributed by atoms with Gasteiger partial charge in [0.1, 0.15) is 6.04 Å². The normalized spacial score (nSPS) is 14.6. The van der Waals surface area contributed by atoms with E-state index >= 15 is 0 Å². The fourth-order valence-corrected chi connectivity index (χ4v) is 6.16. The lowest BCUT2D eigenvalue weighted by atomic mass is 10.0. The summed E-state index contributed by atoms with van der Waals surface area (Å²) in [5.74, 6) is -0.322. The minimum Gasteiger partial charge on any atom is -0.379 e. The van der Waals surface area contributed by atoms with Crippen LogP contribution in [0.1, 0.15) is 30.0 Å². The molecule has 3 aromatic rings. The van der Waals surface area contributed by atoms with Crippen LogP contribution in [0.4, 0.5) is 0 Å². The number of benzene rings is 3. The third-order valence-corrected chi connectivity index (χ3v) is 9.05. The van der Waals surface area contributed by atoms with E-state index in [1.54, 1.807) is 36.1 Å². The first kappa shape index (κ1) is 32.3. The Morgan fingerprint density at radius 1 is 0.884 bits per heavy atom. The van der Waals surface area contributed by atoms with Crippen molar-refractivity contribution in [3.63, 3.8) is 0 Å². The van der Waals surface area contributed by atoms with Crippen LogP contribution in [0.25, 0.3) is 0 Å². The summed E-state index contributed by atoms with van der Waals surface area (Å²) in [5.41, 5.74) is 2.75. The molecule has 0 aliphatic carbocycles. The Morgan fingerprint density at radius 2 is 1.51 bits per heavy atom. The average Bonchev–Trinajstić information content (AvgIpc) is 3.03. The number of hydrogen-bond acceptors (Lipinski definition) is 6. The van der Waals surface area contributed by atoms with Crippen LogP contribution < -0.4 is 10.0 Å². The lowest BCUT2D eigenvalue weighted by Gasteiger charge is -2.32. The van der Waals surface area contributed by atoms with Gasteiger partial charge in [0.05, 0.1) is 18.1 Å². The monoisotopic (exact) mass is 606 g/mol. The van der Waals surface area contributed by atoms with Crippen LogP contribution in [0.3, 0.4) is 0 Å². The second-order valence-electron chi connectivity index (χ2n) is 10.6. The van der Waals surface area contributed by atoms with Gasteiger partial charge in [0.2, 0.25) is 21.8 Å². The molecule has 43 heavy (non-hydrogen) atoms. The highest BCUT2D eigenvalue weighted by Crippen LogP contribution is 2.18. The molecule has 1 atom stereocenters. The standard InChI is InChI=1S/C33H42N4O5S/c1-2-35-43(40,41)30-16-13-27(14-17-30)15-18-32(38)37(26-29-11-7-4-8-12-29)31(25-28-9-5-3-6-10-28)33(39)34-19-20-36-21-23-42-24-22-36/h3-14,16-17,31,35H,2,15,18-26H2,1H3,(H,34,39)/t31-/m0/s1. The Hall–Kier alpha value is -3.57. The van der Waals surface area contributed by atoms with Crippen LogP contribution in [-0.4, -0.2) is 82.0 Å². The zero-order valence-electron chi connectivity index (χ0n) is 24.8. The lowest BCUT2D eigenvalue weighted by molar-refractivity contribution is -0.141. The van der Waals surface area contributed by atoms with Crippen LogP contribution in [-0.2, 0) is 43.7 Å². The van der Waals surface area contributed by atoms with E-state index in [9.17, 15) is 18.0 Å².